The molecule has 124 valence electrons. The SMILES string of the molecule is CSCCCNC(=S)NN1C(=O)N[C@@](C)(c2ccccc2)C1=O. The van der Waals surface area contributed by atoms with Crippen molar-refractivity contribution in [2.75, 3.05) is 18.6 Å². The average Bonchev–Trinajstić information content (AvgIpc) is 2.77. The van der Waals surface area contributed by atoms with Gasteiger partial charge in [0.1, 0.15) is 5.54 Å². The zero-order valence-corrected chi connectivity index (χ0v) is 14.7. The van der Waals surface area contributed by atoms with Crippen molar-refractivity contribution < 1.29 is 9.59 Å². The van der Waals surface area contributed by atoms with E-state index in [-0.39, 0.29) is 11.0 Å². The monoisotopic (exact) mass is 352 g/mol. The third-order valence-corrected chi connectivity index (χ3v) is 4.50. The molecule has 6 nitrogen and oxygen atoms in total. The molecule has 0 aliphatic carbocycles. The molecule has 0 aromatic heterocycles. The Balaban J connectivity index is 2.00. The third kappa shape index (κ3) is 3.94. The maximum absolute atomic E-state index is 12.6. The van der Waals surface area contributed by atoms with Gasteiger partial charge in [0.25, 0.3) is 5.91 Å². The van der Waals surface area contributed by atoms with Gasteiger partial charge in [0.15, 0.2) is 5.11 Å². The standard InChI is InChI=1S/C15H20N4O2S2/c1-15(11-7-4-3-5-8-11)12(20)19(14(21)17-15)18-13(22)16-9-6-10-23-2/h3-5,7-8H,6,9-10H2,1-2H3,(H,17,21)(H2,16,18,22)/t15-/m0/s1. The number of amides is 3. The Morgan fingerprint density at radius 2 is 2.04 bits per heavy atom. The van der Waals surface area contributed by atoms with Crippen molar-refractivity contribution in [1.29, 1.82) is 0 Å². The maximum atomic E-state index is 12.6. The second kappa shape index (κ2) is 7.65. The summed E-state index contributed by atoms with van der Waals surface area (Å²) in [6.07, 6.45) is 2.99. The van der Waals surface area contributed by atoms with Crippen molar-refractivity contribution in [3.8, 4) is 0 Å². The van der Waals surface area contributed by atoms with Gasteiger partial charge in [-0.1, -0.05) is 30.3 Å². The van der Waals surface area contributed by atoms with Crippen molar-refractivity contribution in [1.82, 2.24) is 21.1 Å². The van der Waals surface area contributed by atoms with E-state index in [0.29, 0.717) is 6.54 Å². The average molecular weight is 352 g/mol. The highest BCUT2D eigenvalue weighted by Gasteiger charge is 2.49. The highest BCUT2D eigenvalue weighted by Crippen LogP contribution is 2.27. The van der Waals surface area contributed by atoms with E-state index < -0.39 is 11.6 Å². The number of urea groups is 1. The smallest absolute Gasteiger partial charge is 0.344 e. The van der Waals surface area contributed by atoms with Gasteiger partial charge in [0.05, 0.1) is 0 Å². The molecule has 1 heterocycles. The van der Waals surface area contributed by atoms with E-state index in [4.69, 9.17) is 12.2 Å². The van der Waals surface area contributed by atoms with Crippen LogP contribution in [0.4, 0.5) is 4.79 Å². The number of carbonyl (C=O) groups excluding carboxylic acids is 2. The number of hydrogen-bond acceptors (Lipinski definition) is 4. The van der Waals surface area contributed by atoms with Crippen LogP contribution in [0.1, 0.15) is 18.9 Å². The minimum Gasteiger partial charge on any atom is -0.361 e. The number of benzene rings is 1. The fourth-order valence-electron chi connectivity index (χ4n) is 2.27. The number of imide groups is 1. The predicted molar refractivity (Wildman–Crippen MR) is 95.9 cm³/mol. The molecule has 2 rings (SSSR count). The van der Waals surface area contributed by atoms with Gasteiger partial charge in [0.2, 0.25) is 0 Å². The van der Waals surface area contributed by atoms with Crippen LogP contribution in [0.2, 0.25) is 0 Å². The number of hydrazine groups is 1. The lowest BCUT2D eigenvalue weighted by molar-refractivity contribution is -0.132. The van der Waals surface area contributed by atoms with Crippen LogP contribution in [0.3, 0.4) is 0 Å². The van der Waals surface area contributed by atoms with Crippen LogP contribution >= 0.6 is 24.0 Å². The Hall–Kier alpha value is -1.80. The van der Waals surface area contributed by atoms with Crippen LogP contribution in [-0.4, -0.2) is 40.6 Å². The Bertz CT molecular complexity index is 596. The molecular weight excluding hydrogens is 332 g/mol. The van der Waals surface area contributed by atoms with Crippen molar-refractivity contribution in [2.45, 2.75) is 18.9 Å². The van der Waals surface area contributed by atoms with Gasteiger partial charge in [-0.15, -0.1) is 0 Å². The lowest BCUT2D eigenvalue weighted by atomic mass is 9.92. The summed E-state index contributed by atoms with van der Waals surface area (Å²) in [6, 6.07) is 8.61. The van der Waals surface area contributed by atoms with Crippen molar-refractivity contribution in [3.05, 3.63) is 35.9 Å². The number of nitrogens with zero attached hydrogens (tertiary/aromatic N) is 1. The molecule has 0 saturated carbocycles. The lowest BCUT2D eigenvalue weighted by Gasteiger charge is -2.22. The molecule has 1 atom stereocenters. The van der Waals surface area contributed by atoms with E-state index in [1.54, 1.807) is 30.8 Å². The van der Waals surface area contributed by atoms with Gasteiger partial charge in [-0.25, -0.2) is 4.79 Å². The molecule has 1 aliphatic rings. The molecule has 23 heavy (non-hydrogen) atoms. The van der Waals surface area contributed by atoms with Gasteiger partial charge in [-0.2, -0.15) is 16.8 Å². The fourth-order valence-corrected chi connectivity index (χ4v) is 2.89. The summed E-state index contributed by atoms with van der Waals surface area (Å²) in [5.41, 5.74) is 2.29. The first-order chi connectivity index (χ1) is 11.0. The first-order valence-electron chi connectivity index (χ1n) is 7.24. The number of thiocarbonyl (C=S) groups is 1. The van der Waals surface area contributed by atoms with E-state index in [1.807, 2.05) is 24.5 Å². The summed E-state index contributed by atoms with van der Waals surface area (Å²) in [7, 11) is 0. The summed E-state index contributed by atoms with van der Waals surface area (Å²) >= 11 is 6.89. The van der Waals surface area contributed by atoms with Gasteiger partial charge in [-0.3, -0.25) is 10.2 Å². The number of nitrogens with one attached hydrogen (secondary N) is 3. The molecule has 1 aromatic rings. The van der Waals surface area contributed by atoms with E-state index in [9.17, 15) is 9.59 Å². The van der Waals surface area contributed by atoms with E-state index >= 15 is 0 Å². The minimum atomic E-state index is -1.10. The van der Waals surface area contributed by atoms with Gasteiger partial charge < -0.3 is 10.6 Å². The predicted octanol–water partition coefficient (Wildman–Crippen LogP) is 1.59. The molecule has 3 N–H and O–H groups in total. The molecule has 8 heteroatoms. The number of hydrogen-bond donors (Lipinski definition) is 3. The van der Waals surface area contributed by atoms with Gasteiger partial charge in [-0.05, 0) is 43.1 Å². The van der Waals surface area contributed by atoms with Crippen LogP contribution in [-0.2, 0) is 10.3 Å². The summed E-state index contributed by atoms with van der Waals surface area (Å²) in [5.74, 6) is 0.632. The van der Waals surface area contributed by atoms with E-state index in [0.717, 1.165) is 22.7 Å². The van der Waals surface area contributed by atoms with Crippen molar-refractivity contribution in [3.63, 3.8) is 0 Å². The van der Waals surface area contributed by atoms with E-state index in [1.165, 1.54) is 0 Å². The molecule has 3 amide bonds. The van der Waals surface area contributed by atoms with Gasteiger partial charge >= 0.3 is 6.03 Å². The molecule has 1 saturated heterocycles. The zero-order valence-electron chi connectivity index (χ0n) is 13.1. The first-order valence-corrected chi connectivity index (χ1v) is 9.05. The van der Waals surface area contributed by atoms with E-state index in [2.05, 4.69) is 16.1 Å². The molecule has 0 spiro atoms. The van der Waals surface area contributed by atoms with Crippen molar-refractivity contribution in [2.24, 2.45) is 0 Å². The molecular formula is C15H20N4O2S2. The van der Waals surface area contributed by atoms with Crippen LogP contribution in [0.25, 0.3) is 0 Å². The molecule has 0 radical (unpaired) electrons. The highest BCUT2D eigenvalue weighted by atomic mass is 32.2. The fraction of sp³-hybridized carbons (Fsp3) is 0.400. The summed E-state index contributed by atoms with van der Waals surface area (Å²) in [6.45, 7) is 2.37. The quantitative estimate of drug-likeness (QED) is 0.410. The summed E-state index contributed by atoms with van der Waals surface area (Å²) in [5, 5.41) is 6.88. The van der Waals surface area contributed by atoms with Crippen LogP contribution in [0.15, 0.2) is 30.3 Å². The Morgan fingerprint density at radius 1 is 1.35 bits per heavy atom. The normalized spacial score (nSPS) is 20.3. The lowest BCUT2D eigenvalue weighted by Crippen LogP contribution is -2.51. The molecule has 0 unspecified atom stereocenters. The topological polar surface area (TPSA) is 73.5 Å². The molecule has 1 aromatic carbocycles. The maximum Gasteiger partial charge on any atom is 0.344 e. The molecule has 0 bridgehead atoms. The Morgan fingerprint density at radius 3 is 2.70 bits per heavy atom. The second-order valence-corrected chi connectivity index (χ2v) is 6.67. The third-order valence-electron chi connectivity index (χ3n) is 3.57. The van der Waals surface area contributed by atoms with Crippen LogP contribution in [0, 0.1) is 0 Å². The minimum absolute atomic E-state index is 0.256. The van der Waals surface area contributed by atoms with Crippen LogP contribution in [0.5, 0.6) is 0 Å². The highest BCUT2D eigenvalue weighted by molar-refractivity contribution is 7.98. The zero-order chi connectivity index (χ0) is 16.9. The van der Waals surface area contributed by atoms with Gasteiger partial charge in [0, 0.05) is 6.54 Å². The first kappa shape index (κ1) is 17.6. The largest absolute Gasteiger partial charge is 0.361 e. The van der Waals surface area contributed by atoms with Crippen LogP contribution < -0.4 is 16.1 Å². The number of thioether (sulfide) groups is 1. The molecule has 1 aliphatic heterocycles. The number of rotatable bonds is 6. The second-order valence-electron chi connectivity index (χ2n) is 5.28. The van der Waals surface area contributed by atoms with Crippen molar-refractivity contribution >= 4 is 41.0 Å². The molecule has 1 fully saturated rings. The summed E-state index contributed by atoms with van der Waals surface area (Å²) in [4.78, 5) is 24.8. The Labute approximate surface area is 145 Å². The number of carbonyl (C=O) groups is 2. The Kier molecular flexibility index (Phi) is 5.84. The summed E-state index contributed by atoms with van der Waals surface area (Å²) < 4.78 is 0.